The Morgan fingerprint density at radius 3 is 2.46 bits per heavy atom. The number of hydrogen-bond donors (Lipinski definition) is 2. The number of carbonyl (C=O) groups excluding carboxylic acids is 1. The maximum absolute atomic E-state index is 13.2. The summed E-state index contributed by atoms with van der Waals surface area (Å²) in [5, 5.41) is 20.6. The highest BCUT2D eigenvalue weighted by Crippen LogP contribution is 2.80. The molecule has 5 fully saturated rings. The second-order valence-corrected chi connectivity index (χ2v) is 10.6. The van der Waals surface area contributed by atoms with Crippen LogP contribution in [-0.4, -0.2) is 21.8 Å². The molecule has 0 aromatic carbocycles. The lowest BCUT2D eigenvalue weighted by molar-refractivity contribution is -0.220. The van der Waals surface area contributed by atoms with Gasteiger partial charge >= 0.3 is 0 Å². The number of aliphatic hydroxyl groups is 2. The van der Waals surface area contributed by atoms with Crippen molar-refractivity contribution in [1.82, 2.24) is 0 Å². The van der Waals surface area contributed by atoms with Crippen LogP contribution < -0.4 is 0 Å². The normalized spacial score (nSPS) is 58.7. The summed E-state index contributed by atoms with van der Waals surface area (Å²) in [6, 6.07) is 0. The molecule has 1 spiro atoms. The Kier molecular flexibility index (Phi) is 2.82. The minimum absolute atomic E-state index is 0.0118. The van der Waals surface area contributed by atoms with Gasteiger partial charge in [0.05, 0.1) is 0 Å². The van der Waals surface area contributed by atoms with E-state index in [1.165, 1.54) is 25.7 Å². The Hall–Kier alpha value is -0.410. The molecular weight excluding hydrogens is 300 g/mol. The molecule has 0 aliphatic heterocycles. The third-order valence-corrected chi connectivity index (χ3v) is 9.97. The summed E-state index contributed by atoms with van der Waals surface area (Å²) in [5.41, 5.74) is 0.281. The van der Waals surface area contributed by atoms with Crippen LogP contribution in [0.5, 0.6) is 0 Å². The quantitative estimate of drug-likeness (QED) is 0.722. The van der Waals surface area contributed by atoms with Crippen molar-refractivity contribution >= 4 is 5.78 Å². The molecule has 0 radical (unpaired) electrons. The summed E-state index contributed by atoms with van der Waals surface area (Å²) in [6.07, 6.45) is 8.70. The summed E-state index contributed by atoms with van der Waals surface area (Å²) in [7, 11) is 0. The van der Waals surface area contributed by atoms with Gasteiger partial charge in [0.2, 0.25) is 0 Å². The summed E-state index contributed by atoms with van der Waals surface area (Å²) < 4.78 is 0. The Morgan fingerprint density at radius 1 is 1.04 bits per heavy atom. The Morgan fingerprint density at radius 2 is 1.79 bits per heavy atom. The first-order valence-corrected chi connectivity index (χ1v) is 10.1. The zero-order chi connectivity index (χ0) is 17.1. The number of rotatable bonds is 1. The summed E-state index contributed by atoms with van der Waals surface area (Å²) in [6.45, 7) is 6.28. The molecule has 0 aromatic heterocycles. The van der Waals surface area contributed by atoms with Gasteiger partial charge in [0.15, 0.2) is 5.79 Å². The second-order valence-electron chi connectivity index (χ2n) is 10.6. The Bertz CT molecular complexity index is 607. The van der Waals surface area contributed by atoms with E-state index in [-0.39, 0.29) is 22.2 Å². The molecule has 5 aliphatic carbocycles. The third-order valence-electron chi connectivity index (χ3n) is 9.97. The van der Waals surface area contributed by atoms with Crippen LogP contribution >= 0.6 is 0 Å². The standard InChI is InChI=1S/C21H32O3/c1-18-8-7-15-13(14(18)4-5-16(18)20(3,23)24)10-17(22)21-11-12(21)6-9-19(15,21)2/h12-16,23-24H,4-11H2,1-3H3/t12-,13-,14-,15-,16-,18-,19+,21-/m0/s1. The molecule has 5 aliphatic rings. The minimum atomic E-state index is -1.59. The Labute approximate surface area is 145 Å². The molecule has 5 saturated carbocycles. The van der Waals surface area contributed by atoms with Gasteiger partial charge in [-0.05, 0) is 86.4 Å². The van der Waals surface area contributed by atoms with Gasteiger partial charge in [-0.15, -0.1) is 0 Å². The van der Waals surface area contributed by atoms with Gasteiger partial charge in [-0.1, -0.05) is 13.8 Å². The molecule has 0 amide bonds. The van der Waals surface area contributed by atoms with Gasteiger partial charge in [-0.3, -0.25) is 4.79 Å². The van der Waals surface area contributed by atoms with E-state index in [0.717, 1.165) is 25.7 Å². The predicted octanol–water partition coefficient (Wildman–Crippen LogP) is 3.53. The lowest BCUT2D eigenvalue weighted by Gasteiger charge is -2.58. The third kappa shape index (κ3) is 1.56. The first kappa shape index (κ1) is 15.8. The van der Waals surface area contributed by atoms with Crippen molar-refractivity contribution in [3.63, 3.8) is 0 Å². The zero-order valence-electron chi connectivity index (χ0n) is 15.3. The molecule has 0 heterocycles. The molecule has 0 unspecified atom stereocenters. The summed E-state index contributed by atoms with van der Waals surface area (Å²) in [5.74, 6) is 1.29. The molecule has 3 nitrogen and oxygen atoms in total. The van der Waals surface area contributed by atoms with Gasteiger partial charge in [-0.2, -0.15) is 0 Å². The summed E-state index contributed by atoms with van der Waals surface area (Å²) in [4.78, 5) is 13.2. The number of Topliss-reactive ketones (excluding diaryl/α,β-unsaturated/α-hetero) is 1. The van der Waals surface area contributed by atoms with E-state index in [9.17, 15) is 15.0 Å². The van der Waals surface area contributed by atoms with Crippen molar-refractivity contribution in [2.75, 3.05) is 0 Å². The van der Waals surface area contributed by atoms with Crippen LogP contribution in [0.3, 0.4) is 0 Å². The zero-order valence-corrected chi connectivity index (χ0v) is 15.3. The van der Waals surface area contributed by atoms with E-state index in [2.05, 4.69) is 13.8 Å². The van der Waals surface area contributed by atoms with Gasteiger partial charge < -0.3 is 10.2 Å². The minimum Gasteiger partial charge on any atom is -0.366 e. The average Bonchev–Trinajstić information content (AvgIpc) is 2.99. The van der Waals surface area contributed by atoms with Crippen molar-refractivity contribution in [1.29, 1.82) is 0 Å². The van der Waals surface area contributed by atoms with Gasteiger partial charge in [0.1, 0.15) is 5.78 Å². The topological polar surface area (TPSA) is 57.5 Å². The molecule has 5 rings (SSSR count). The highest BCUT2D eigenvalue weighted by molar-refractivity contribution is 5.91. The van der Waals surface area contributed by atoms with Crippen molar-refractivity contribution in [3.05, 3.63) is 0 Å². The number of hydrogen-bond acceptors (Lipinski definition) is 3. The van der Waals surface area contributed by atoms with Crippen LogP contribution in [-0.2, 0) is 4.79 Å². The largest absolute Gasteiger partial charge is 0.366 e. The lowest BCUT2D eigenvalue weighted by Crippen LogP contribution is -2.56. The average molecular weight is 332 g/mol. The Balaban J connectivity index is 1.52. The fraction of sp³-hybridized carbons (Fsp3) is 0.952. The fourth-order valence-corrected chi connectivity index (χ4v) is 8.91. The molecule has 0 aromatic rings. The van der Waals surface area contributed by atoms with Crippen molar-refractivity contribution in [2.24, 2.45) is 45.8 Å². The van der Waals surface area contributed by atoms with Gasteiger partial charge in [-0.25, -0.2) is 0 Å². The smallest absolute Gasteiger partial charge is 0.163 e. The van der Waals surface area contributed by atoms with Crippen LogP contribution in [0.25, 0.3) is 0 Å². The second kappa shape index (κ2) is 4.28. The molecule has 0 bridgehead atoms. The molecule has 8 atom stereocenters. The first-order chi connectivity index (χ1) is 11.1. The number of carbonyl (C=O) groups is 1. The maximum Gasteiger partial charge on any atom is 0.163 e. The van der Waals surface area contributed by atoms with Crippen molar-refractivity contribution < 1.29 is 15.0 Å². The molecule has 134 valence electrons. The van der Waals surface area contributed by atoms with Crippen LogP contribution in [0.4, 0.5) is 0 Å². The van der Waals surface area contributed by atoms with E-state index in [1.54, 1.807) is 6.92 Å². The van der Waals surface area contributed by atoms with Crippen LogP contribution in [0.2, 0.25) is 0 Å². The van der Waals surface area contributed by atoms with Gasteiger partial charge in [0, 0.05) is 17.8 Å². The lowest BCUT2D eigenvalue weighted by atomic mass is 9.45. The monoisotopic (exact) mass is 332 g/mol. The highest BCUT2D eigenvalue weighted by atomic mass is 16.5. The SMILES string of the molecule is CC(O)(O)[C@H]1CC[C@H]2[C@@H]3CC(=O)[C@]45C[C@@H]4CC[C@]5(C)[C@H]3CC[C@]12C. The molecular formula is C21H32O3. The van der Waals surface area contributed by atoms with Crippen LogP contribution in [0.15, 0.2) is 0 Å². The molecule has 0 saturated heterocycles. The number of fused-ring (bicyclic) bond motifs is 4. The van der Waals surface area contributed by atoms with E-state index < -0.39 is 5.79 Å². The van der Waals surface area contributed by atoms with Crippen molar-refractivity contribution in [2.45, 2.75) is 77.9 Å². The van der Waals surface area contributed by atoms with Crippen molar-refractivity contribution in [3.8, 4) is 0 Å². The molecule has 3 heteroatoms. The van der Waals surface area contributed by atoms with E-state index >= 15 is 0 Å². The fourth-order valence-electron chi connectivity index (χ4n) is 8.91. The van der Waals surface area contributed by atoms with Gasteiger partial charge in [0.25, 0.3) is 0 Å². The van der Waals surface area contributed by atoms with E-state index in [0.29, 0.717) is 29.5 Å². The van der Waals surface area contributed by atoms with E-state index in [4.69, 9.17) is 0 Å². The number of ketones is 1. The molecule has 24 heavy (non-hydrogen) atoms. The first-order valence-electron chi connectivity index (χ1n) is 10.1. The predicted molar refractivity (Wildman–Crippen MR) is 90.9 cm³/mol. The summed E-state index contributed by atoms with van der Waals surface area (Å²) >= 11 is 0. The van der Waals surface area contributed by atoms with Crippen LogP contribution in [0.1, 0.15) is 72.1 Å². The highest BCUT2D eigenvalue weighted by Gasteiger charge is 2.77. The molecule has 2 N–H and O–H groups in total. The van der Waals surface area contributed by atoms with E-state index in [1.807, 2.05) is 0 Å². The maximum atomic E-state index is 13.2. The van der Waals surface area contributed by atoms with Crippen LogP contribution in [0, 0.1) is 45.8 Å².